The van der Waals surface area contributed by atoms with E-state index in [4.69, 9.17) is 9.47 Å². The van der Waals surface area contributed by atoms with E-state index in [0.29, 0.717) is 5.56 Å². The van der Waals surface area contributed by atoms with Gasteiger partial charge in [-0.1, -0.05) is 60.7 Å². The summed E-state index contributed by atoms with van der Waals surface area (Å²) in [5.74, 6) is -1.53. The summed E-state index contributed by atoms with van der Waals surface area (Å²) in [6, 6.07) is 20.7. The molecule has 0 N–H and O–H groups in total. The molecule has 0 fully saturated rings. The van der Waals surface area contributed by atoms with E-state index in [0.717, 1.165) is 5.56 Å². The van der Waals surface area contributed by atoms with Crippen molar-refractivity contribution >= 4 is 11.9 Å². The number of carbonyl (C=O) groups excluding carboxylic acids is 2. The highest BCUT2D eigenvalue weighted by molar-refractivity contribution is 5.75. The SMILES string of the molecule is COC(=O)C[C@](C#N)(c1ccccc1)[C@@H](CC(=O)OC(C)(C)C)c1ccccc1. The summed E-state index contributed by atoms with van der Waals surface area (Å²) in [4.78, 5) is 25.1. The zero-order chi connectivity index (χ0) is 21.5. The first-order valence-corrected chi connectivity index (χ1v) is 9.52. The molecule has 0 aliphatic rings. The summed E-state index contributed by atoms with van der Waals surface area (Å²) in [7, 11) is 1.29. The van der Waals surface area contributed by atoms with Gasteiger partial charge >= 0.3 is 11.9 Å². The molecule has 0 aliphatic carbocycles. The van der Waals surface area contributed by atoms with Gasteiger partial charge in [0.2, 0.25) is 0 Å². The van der Waals surface area contributed by atoms with Gasteiger partial charge in [-0.05, 0) is 31.9 Å². The smallest absolute Gasteiger partial charge is 0.307 e. The van der Waals surface area contributed by atoms with Gasteiger partial charge in [0.15, 0.2) is 0 Å². The van der Waals surface area contributed by atoms with E-state index >= 15 is 0 Å². The monoisotopic (exact) mass is 393 g/mol. The van der Waals surface area contributed by atoms with Gasteiger partial charge in [-0.2, -0.15) is 5.26 Å². The highest BCUT2D eigenvalue weighted by Gasteiger charge is 2.45. The van der Waals surface area contributed by atoms with Crippen LogP contribution in [0.2, 0.25) is 0 Å². The fourth-order valence-corrected chi connectivity index (χ4v) is 3.46. The second-order valence-electron chi connectivity index (χ2n) is 7.96. The Hall–Kier alpha value is -3.13. The van der Waals surface area contributed by atoms with Gasteiger partial charge in [-0.3, -0.25) is 9.59 Å². The largest absolute Gasteiger partial charge is 0.469 e. The van der Waals surface area contributed by atoms with Crippen LogP contribution < -0.4 is 0 Å². The predicted molar refractivity (Wildman–Crippen MR) is 110 cm³/mol. The van der Waals surface area contributed by atoms with E-state index in [1.807, 2.05) is 48.5 Å². The fraction of sp³-hybridized carbons (Fsp3) is 0.375. The molecule has 152 valence electrons. The van der Waals surface area contributed by atoms with Crippen LogP contribution in [0.15, 0.2) is 60.7 Å². The molecule has 0 radical (unpaired) electrons. The van der Waals surface area contributed by atoms with Crippen molar-refractivity contribution < 1.29 is 19.1 Å². The molecule has 0 amide bonds. The fourth-order valence-electron chi connectivity index (χ4n) is 3.46. The maximum absolute atomic E-state index is 12.7. The Balaban J connectivity index is 2.62. The minimum atomic E-state index is -1.29. The Kier molecular flexibility index (Phi) is 7.17. The van der Waals surface area contributed by atoms with E-state index in [1.165, 1.54) is 7.11 Å². The van der Waals surface area contributed by atoms with Crippen LogP contribution in [0.1, 0.15) is 50.7 Å². The van der Waals surface area contributed by atoms with Gasteiger partial charge in [0.05, 0.1) is 26.0 Å². The Morgan fingerprint density at radius 1 is 0.966 bits per heavy atom. The van der Waals surface area contributed by atoms with Crippen molar-refractivity contribution in [3.63, 3.8) is 0 Å². The molecule has 0 bridgehead atoms. The maximum atomic E-state index is 12.7. The third-order valence-electron chi connectivity index (χ3n) is 4.73. The van der Waals surface area contributed by atoms with Crippen LogP contribution in [0.25, 0.3) is 0 Å². The number of carbonyl (C=O) groups is 2. The Morgan fingerprint density at radius 3 is 2.00 bits per heavy atom. The molecule has 0 aliphatic heterocycles. The van der Waals surface area contributed by atoms with E-state index < -0.39 is 28.9 Å². The summed E-state index contributed by atoms with van der Waals surface area (Å²) in [5, 5.41) is 10.3. The molecule has 2 rings (SSSR count). The van der Waals surface area contributed by atoms with Gasteiger partial charge in [0, 0.05) is 5.92 Å². The molecule has 0 aromatic heterocycles. The quantitative estimate of drug-likeness (QED) is 0.646. The van der Waals surface area contributed by atoms with Crippen molar-refractivity contribution in [2.24, 2.45) is 0 Å². The lowest BCUT2D eigenvalue weighted by Gasteiger charge is -2.35. The van der Waals surface area contributed by atoms with Gasteiger partial charge in [0.25, 0.3) is 0 Å². The van der Waals surface area contributed by atoms with E-state index in [2.05, 4.69) is 6.07 Å². The topological polar surface area (TPSA) is 76.4 Å². The molecule has 0 heterocycles. The number of nitrogens with zero attached hydrogens (tertiary/aromatic N) is 1. The number of hydrogen-bond acceptors (Lipinski definition) is 5. The minimum Gasteiger partial charge on any atom is -0.469 e. The molecular weight excluding hydrogens is 366 g/mol. The van der Waals surface area contributed by atoms with Gasteiger partial charge in [0.1, 0.15) is 11.0 Å². The number of nitriles is 1. The summed E-state index contributed by atoms with van der Waals surface area (Å²) < 4.78 is 10.4. The van der Waals surface area contributed by atoms with Gasteiger partial charge in [-0.25, -0.2) is 0 Å². The van der Waals surface area contributed by atoms with Crippen molar-refractivity contribution in [3.8, 4) is 6.07 Å². The number of hydrogen-bond donors (Lipinski definition) is 0. The zero-order valence-electron chi connectivity index (χ0n) is 17.3. The molecule has 0 saturated carbocycles. The standard InChI is InChI=1S/C24H27NO4/c1-23(2,3)29-21(26)15-20(18-11-7-5-8-12-18)24(17-25,16-22(27)28-4)19-13-9-6-10-14-19/h5-14,20H,15-16H2,1-4H3/t20-,24-/m0/s1. The third-order valence-corrected chi connectivity index (χ3v) is 4.73. The van der Waals surface area contributed by atoms with Crippen LogP contribution in [0.5, 0.6) is 0 Å². The van der Waals surface area contributed by atoms with Crippen molar-refractivity contribution in [1.82, 2.24) is 0 Å². The highest BCUT2D eigenvalue weighted by Crippen LogP contribution is 2.44. The van der Waals surface area contributed by atoms with Crippen LogP contribution in [-0.2, 0) is 24.5 Å². The lowest BCUT2D eigenvalue weighted by Crippen LogP contribution is -2.37. The number of esters is 2. The number of methoxy groups -OCH3 is 1. The average molecular weight is 393 g/mol. The van der Waals surface area contributed by atoms with Crippen LogP contribution in [-0.4, -0.2) is 24.6 Å². The van der Waals surface area contributed by atoms with Crippen molar-refractivity contribution in [1.29, 1.82) is 5.26 Å². The van der Waals surface area contributed by atoms with Crippen LogP contribution in [0, 0.1) is 11.3 Å². The first-order valence-electron chi connectivity index (χ1n) is 9.52. The second kappa shape index (κ2) is 9.38. The highest BCUT2D eigenvalue weighted by atomic mass is 16.6. The lowest BCUT2D eigenvalue weighted by atomic mass is 9.65. The van der Waals surface area contributed by atoms with E-state index in [-0.39, 0.29) is 12.8 Å². The average Bonchev–Trinajstić information content (AvgIpc) is 2.70. The molecule has 5 nitrogen and oxygen atoms in total. The number of benzene rings is 2. The summed E-state index contributed by atoms with van der Waals surface area (Å²) >= 11 is 0. The van der Waals surface area contributed by atoms with Crippen LogP contribution in [0.4, 0.5) is 0 Å². The first kappa shape index (κ1) is 22.2. The van der Waals surface area contributed by atoms with E-state index in [9.17, 15) is 14.9 Å². The molecule has 2 aromatic rings. The molecular formula is C24H27NO4. The van der Waals surface area contributed by atoms with Crippen LogP contribution >= 0.6 is 0 Å². The summed E-state index contributed by atoms with van der Waals surface area (Å²) in [5.41, 5.74) is -0.493. The predicted octanol–water partition coefficient (Wildman–Crippen LogP) is 4.53. The zero-order valence-corrected chi connectivity index (χ0v) is 17.3. The molecule has 2 atom stereocenters. The van der Waals surface area contributed by atoms with E-state index in [1.54, 1.807) is 32.9 Å². The summed E-state index contributed by atoms with van der Waals surface area (Å²) in [6.45, 7) is 5.39. The molecule has 5 heteroatoms. The van der Waals surface area contributed by atoms with Crippen molar-refractivity contribution in [2.45, 2.75) is 50.5 Å². The first-order chi connectivity index (χ1) is 13.7. The summed E-state index contributed by atoms with van der Waals surface area (Å²) in [6.07, 6.45) is -0.215. The van der Waals surface area contributed by atoms with Crippen LogP contribution in [0.3, 0.4) is 0 Å². The molecule has 29 heavy (non-hydrogen) atoms. The van der Waals surface area contributed by atoms with Gasteiger partial charge in [-0.15, -0.1) is 0 Å². The van der Waals surface area contributed by atoms with Crippen molar-refractivity contribution in [3.05, 3.63) is 71.8 Å². The Labute approximate surface area is 172 Å². The minimum absolute atomic E-state index is 0.0409. The number of ether oxygens (including phenoxy) is 2. The molecule has 2 aromatic carbocycles. The normalized spacial score (nSPS) is 14.2. The molecule has 0 unspecified atom stereocenters. The lowest BCUT2D eigenvalue weighted by molar-refractivity contribution is -0.156. The van der Waals surface area contributed by atoms with Crippen molar-refractivity contribution in [2.75, 3.05) is 7.11 Å². The number of rotatable bonds is 7. The third kappa shape index (κ3) is 5.68. The molecule has 0 saturated heterocycles. The second-order valence-corrected chi connectivity index (χ2v) is 7.96. The molecule has 0 spiro atoms. The maximum Gasteiger partial charge on any atom is 0.307 e. The van der Waals surface area contributed by atoms with Gasteiger partial charge < -0.3 is 9.47 Å². The Morgan fingerprint density at radius 2 is 1.52 bits per heavy atom. The Bertz CT molecular complexity index is 865.